The smallest absolute Gasteiger partial charge is 0.188 e. The highest BCUT2D eigenvalue weighted by molar-refractivity contribution is 7.99. The molecule has 1 aromatic heterocycles. The molecule has 0 radical (unpaired) electrons. The first-order chi connectivity index (χ1) is 7.75. The molecule has 1 saturated heterocycles. The van der Waals surface area contributed by atoms with E-state index >= 15 is 0 Å². The highest BCUT2D eigenvalue weighted by atomic mass is 32.2. The molecule has 0 spiro atoms. The summed E-state index contributed by atoms with van der Waals surface area (Å²) in [4.78, 5) is 8.31. The third-order valence-corrected chi connectivity index (χ3v) is 3.33. The van der Waals surface area contributed by atoms with E-state index in [1.165, 1.54) is 0 Å². The summed E-state index contributed by atoms with van der Waals surface area (Å²) in [5.41, 5.74) is 5.84. The average Bonchev–Trinajstić information content (AvgIpc) is 2.79. The number of nitrogen functional groups attached to an aromatic ring is 1. The summed E-state index contributed by atoms with van der Waals surface area (Å²) >= 11 is 1.55. The van der Waals surface area contributed by atoms with E-state index < -0.39 is 0 Å². The zero-order valence-electron chi connectivity index (χ0n) is 8.85. The first kappa shape index (κ1) is 11.3. The molecule has 1 fully saturated rings. The van der Waals surface area contributed by atoms with Gasteiger partial charge in [-0.3, -0.25) is 5.41 Å². The molecule has 5 nitrogen and oxygen atoms in total. The van der Waals surface area contributed by atoms with Crippen molar-refractivity contribution in [3.63, 3.8) is 0 Å². The molecule has 0 amide bonds. The van der Waals surface area contributed by atoms with Crippen LogP contribution in [0.1, 0.15) is 18.5 Å². The Labute approximate surface area is 98.3 Å². The maximum Gasteiger partial charge on any atom is 0.188 e. The Bertz CT molecular complexity index is 379. The van der Waals surface area contributed by atoms with Gasteiger partial charge in [0.1, 0.15) is 11.5 Å². The first-order valence-electron chi connectivity index (χ1n) is 5.17. The number of nitrogens with two attached hydrogens (primary N) is 1. The molecular weight excluding hydrogens is 224 g/mol. The lowest BCUT2D eigenvalue weighted by Gasteiger charge is -2.07. The van der Waals surface area contributed by atoms with Crippen LogP contribution in [0.5, 0.6) is 0 Å². The minimum Gasteiger partial charge on any atom is -0.382 e. The number of nitrogens with zero attached hydrogens (tertiary/aromatic N) is 2. The summed E-state index contributed by atoms with van der Waals surface area (Å²) in [6.07, 6.45) is 4.19. The van der Waals surface area contributed by atoms with E-state index in [1.54, 1.807) is 24.0 Å². The van der Waals surface area contributed by atoms with Crippen molar-refractivity contribution >= 4 is 17.6 Å². The molecule has 0 saturated carbocycles. The second-order valence-corrected chi connectivity index (χ2v) is 4.57. The van der Waals surface area contributed by atoms with Crippen LogP contribution in [0.3, 0.4) is 0 Å². The van der Waals surface area contributed by atoms with Gasteiger partial charge in [0, 0.05) is 18.6 Å². The molecule has 0 aromatic carbocycles. The molecule has 1 aliphatic heterocycles. The number of nitrogens with one attached hydrogen (secondary N) is 1. The van der Waals surface area contributed by atoms with Gasteiger partial charge in [0.2, 0.25) is 0 Å². The molecule has 3 N–H and O–H groups in total. The third-order valence-electron chi connectivity index (χ3n) is 2.33. The lowest BCUT2D eigenvalue weighted by Crippen LogP contribution is -2.14. The van der Waals surface area contributed by atoms with Crippen LogP contribution in [-0.4, -0.2) is 34.3 Å². The third kappa shape index (κ3) is 2.93. The molecule has 2 rings (SSSR count). The predicted octanol–water partition coefficient (Wildman–Crippen LogP) is 1.03. The highest BCUT2D eigenvalue weighted by Crippen LogP contribution is 2.20. The van der Waals surface area contributed by atoms with Crippen molar-refractivity contribution in [1.82, 2.24) is 9.97 Å². The van der Waals surface area contributed by atoms with Crippen molar-refractivity contribution in [2.45, 2.75) is 24.1 Å². The Morgan fingerprint density at radius 1 is 1.69 bits per heavy atom. The second kappa shape index (κ2) is 5.27. The molecule has 1 aromatic rings. The summed E-state index contributed by atoms with van der Waals surface area (Å²) in [7, 11) is 0. The van der Waals surface area contributed by atoms with E-state index in [2.05, 4.69) is 9.97 Å². The van der Waals surface area contributed by atoms with Crippen molar-refractivity contribution in [2.24, 2.45) is 5.73 Å². The zero-order valence-corrected chi connectivity index (χ0v) is 9.67. The Kier molecular flexibility index (Phi) is 3.74. The summed E-state index contributed by atoms with van der Waals surface area (Å²) < 4.78 is 5.51. The molecular formula is C10H14N4OS. The van der Waals surface area contributed by atoms with Crippen LogP contribution in [0, 0.1) is 5.41 Å². The van der Waals surface area contributed by atoms with Crippen LogP contribution in [0.4, 0.5) is 0 Å². The van der Waals surface area contributed by atoms with Crippen molar-refractivity contribution in [3.8, 4) is 0 Å². The minimum absolute atomic E-state index is 0.0265. The van der Waals surface area contributed by atoms with E-state index in [0.717, 1.165) is 25.2 Å². The summed E-state index contributed by atoms with van der Waals surface area (Å²) in [6, 6.07) is 1.64. The highest BCUT2D eigenvalue weighted by Gasteiger charge is 2.16. The second-order valence-electron chi connectivity index (χ2n) is 3.58. The summed E-state index contributed by atoms with van der Waals surface area (Å²) in [5, 5.41) is 7.94. The predicted molar refractivity (Wildman–Crippen MR) is 62.7 cm³/mol. The Balaban J connectivity index is 1.93. The van der Waals surface area contributed by atoms with Crippen LogP contribution in [0.2, 0.25) is 0 Å². The SMILES string of the molecule is N=C(N)c1ccnc(SCC2CCCO2)n1. The van der Waals surface area contributed by atoms with Gasteiger partial charge in [-0.2, -0.15) is 0 Å². The lowest BCUT2D eigenvalue weighted by atomic mass is 10.3. The zero-order chi connectivity index (χ0) is 11.4. The van der Waals surface area contributed by atoms with Crippen molar-refractivity contribution in [1.29, 1.82) is 5.41 Å². The van der Waals surface area contributed by atoms with Gasteiger partial charge in [-0.1, -0.05) is 11.8 Å². The van der Waals surface area contributed by atoms with E-state index in [9.17, 15) is 0 Å². The largest absolute Gasteiger partial charge is 0.382 e. The number of thioether (sulfide) groups is 1. The van der Waals surface area contributed by atoms with E-state index in [1.807, 2.05) is 0 Å². The van der Waals surface area contributed by atoms with Crippen LogP contribution in [-0.2, 0) is 4.74 Å². The fourth-order valence-electron chi connectivity index (χ4n) is 1.50. The van der Waals surface area contributed by atoms with Crippen molar-refractivity contribution in [2.75, 3.05) is 12.4 Å². The Morgan fingerprint density at radius 2 is 2.56 bits per heavy atom. The molecule has 1 atom stereocenters. The normalized spacial score (nSPS) is 19.9. The van der Waals surface area contributed by atoms with Gasteiger partial charge in [-0.25, -0.2) is 9.97 Å². The molecule has 16 heavy (non-hydrogen) atoms. The quantitative estimate of drug-likeness (QED) is 0.354. The molecule has 1 unspecified atom stereocenters. The number of ether oxygens (including phenoxy) is 1. The maximum atomic E-state index is 7.28. The minimum atomic E-state index is -0.0265. The Morgan fingerprint density at radius 3 is 3.25 bits per heavy atom. The van der Waals surface area contributed by atoms with Gasteiger partial charge in [0.05, 0.1) is 6.10 Å². The van der Waals surface area contributed by atoms with Gasteiger partial charge < -0.3 is 10.5 Å². The first-order valence-corrected chi connectivity index (χ1v) is 6.16. The molecule has 0 aliphatic carbocycles. The molecule has 6 heteroatoms. The van der Waals surface area contributed by atoms with Crippen LogP contribution in [0.15, 0.2) is 17.4 Å². The fourth-order valence-corrected chi connectivity index (χ4v) is 2.40. The maximum absolute atomic E-state index is 7.28. The van der Waals surface area contributed by atoms with Crippen LogP contribution in [0.25, 0.3) is 0 Å². The van der Waals surface area contributed by atoms with Crippen LogP contribution < -0.4 is 5.73 Å². The van der Waals surface area contributed by atoms with E-state index in [4.69, 9.17) is 15.9 Å². The molecule has 86 valence electrons. The lowest BCUT2D eigenvalue weighted by molar-refractivity contribution is 0.129. The molecule has 1 aliphatic rings. The van der Waals surface area contributed by atoms with Crippen molar-refractivity contribution < 1.29 is 4.74 Å². The van der Waals surface area contributed by atoms with E-state index in [0.29, 0.717) is 17.0 Å². The number of aromatic nitrogens is 2. The van der Waals surface area contributed by atoms with Gasteiger partial charge >= 0.3 is 0 Å². The van der Waals surface area contributed by atoms with Gasteiger partial charge in [-0.05, 0) is 18.9 Å². The standard InChI is InChI=1S/C10H14N4OS/c11-9(12)8-3-4-13-10(14-8)16-6-7-2-1-5-15-7/h3-4,7H,1-2,5-6H2,(H3,11,12). The number of hydrogen-bond donors (Lipinski definition) is 2. The number of amidine groups is 1. The van der Waals surface area contributed by atoms with Gasteiger partial charge in [0.25, 0.3) is 0 Å². The van der Waals surface area contributed by atoms with Gasteiger partial charge in [0.15, 0.2) is 5.16 Å². The fraction of sp³-hybridized carbons (Fsp3) is 0.500. The van der Waals surface area contributed by atoms with Gasteiger partial charge in [-0.15, -0.1) is 0 Å². The Hall–Kier alpha value is -1.14. The summed E-state index contributed by atoms with van der Waals surface area (Å²) in [6.45, 7) is 0.861. The van der Waals surface area contributed by atoms with E-state index in [-0.39, 0.29) is 5.84 Å². The summed E-state index contributed by atoms with van der Waals surface area (Å²) in [5.74, 6) is 0.836. The number of rotatable bonds is 4. The van der Waals surface area contributed by atoms with Crippen molar-refractivity contribution in [3.05, 3.63) is 18.0 Å². The van der Waals surface area contributed by atoms with Crippen LogP contribution >= 0.6 is 11.8 Å². The molecule has 0 bridgehead atoms. The topological polar surface area (TPSA) is 84.9 Å². The molecule has 2 heterocycles. The average molecular weight is 238 g/mol. The monoisotopic (exact) mass is 238 g/mol. The number of hydrogen-bond acceptors (Lipinski definition) is 5.